The van der Waals surface area contributed by atoms with Crippen LogP contribution in [0.4, 0.5) is 0 Å². The fraction of sp³-hybridized carbons (Fsp3) is 0.222. The van der Waals surface area contributed by atoms with E-state index in [1.54, 1.807) is 0 Å². The Bertz CT molecular complexity index is 764. The molecule has 4 heteroatoms. The minimum Gasteiger partial charge on any atom is -0.358 e. The minimum absolute atomic E-state index is 0.194. The van der Waals surface area contributed by atoms with Crippen LogP contribution in [-0.2, 0) is 11.2 Å². The topological polar surface area (TPSA) is 46.9 Å². The minimum atomic E-state index is 0.194. The summed E-state index contributed by atoms with van der Waals surface area (Å²) in [6.45, 7) is 2.77. The highest BCUT2D eigenvalue weighted by Gasteiger charge is 2.16. The summed E-state index contributed by atoms with van der Waals surface area (Å²) in [6.07, 6.45) is 1.44. The summed E-state index contributed by atoms with van der Waals surface area (Å²) in [6, 6.07) is 18.7. The molecule has 1 N–H and O–H groups in total. The molecule has 0 bridgehead atoms. The van der Waals surface area contributed by atoms with Crippen LogP contribution in [0.15, 0.2) is 54.6 Å². The lowest BCUT2D eigenvalue weighted by Gasteiger charge is -2.18. The number of carbonyl (C=O) groups is 1. The molecule has 4 nitrogen and oxygen atoms in total. The van der Waals surface area contributed by atoms with E-state index in [1.165, 1.54) is 5.56 Å². The number of carbonyl (C=O) groups excluding carboxylic acids is 1. The molecular weight excluding hydrogens is 274 g/mol. The Morgan fingerprint density at radius 1 is 1.14 bits per heavy atom. The number of para-hydroxylation sites is 2. The normalized spacial score (nSPS) is 12.2. The molecule has 2 aromatic carbocycles. The third-order valence-corrected chi connectivity index (χ3v) is 3.91. The molecule has 0 aliphatic heterocycles. The smallest absolute Gasteiger partial charge is 0.207 e. The van der Waals surface area contributed by atoms with Crippen molar-refractivity contribution < 1.29 is 4.79 Å². The maximum absolute atomic E-state index is 10.5. The first-order chi connectivity index (χ1) is 10.8. The van der Waals surface area contributed by atoms with E-state index in [9.17, 15) is 4.79 Å². The maximum atomic E-state index is 10.5. The van der Waals surface area contributed by atoms with Gasteiger partial charge in [0.2, 0.25) is 6.41 Å². The summed E-state index contributed by atoms with van der Waals surface area (Å²) in [5, 5.41) is 2.71. The predicted molar refractivity (Wildman–Crippen MR) is 87.8 cm³/mol. The van der Waals surface area contributed by atoms with Gasteiger partial charge in [0.25, 0.3) is 0 Å². The second kappa shape index (κ2) is 6.43. The van der Waals surface area contributed by atoms with Gasteiger partial charge < -0.3 is 9.88 Å². The van der Waals surface area contributed by atoms with Crippen LogP contribution in [0.2, 0.25) is 0 Å². The Labute approximate surface area is 129 Å². The number of nitrogens with zero attached hydrogens (tertiary/aromatic N) is 2. The molecular formula is C18H19N3O. The van der Waals surface area contributed by atoms with Crippen LogP contribution in [0.25, 0.3) is 11.0 Å². The van der Waals surface area contributed by atoms with Crippen molar-refractivity contribution in [1.29, 1.82) is 0 Å². The highest BCUT2D eigenvalue weighted by atomic mass is 16.1. The van der Waals surface area contributed by atoms with Crippen LogP contribution in [-0.4, -0.2) is 22.5 Å². The standard InChI is InChI=1S/C18H19N3O/c1-14(15-7-3-2-4-8-15)21-17-10-6-5-9-16(17)20-18(21)11-12-19-13-22/h2-10,13-14H,11-12H2,1H3,(H,19,22). The first kappa shape index (κ1) is 14.3. The van der Waals surface area contributed by atoms with E-state index in [1.807, 2.05) is 24.3 Å². The predicted octanol–water partition coefficient (Wildman–Crippen LogP) is 2.93. The van der Waals surface area contributed by atoms with Gasteiger partial charge in [0.15, 0.2) is 0 Å². The van der Waals surface area contributed by atoms with E-state index in [0.717, 1.165) is 23.3 Å². The Kier molecular flexibility index (Phi) is 4.19. The van der Waals surface area contributed by atoms with Crippen LogP contribution in [0, 0.1) is 0 Å². The summed E-state index contributed by atoms with van der Waals surface area (Å²) < 4.78 is 2.26. The second-order valence-electron chi connectivity index (χ2n) is 5.30. The SMILES string of the molecule is CC(c1ccccc1)n1c(CCNC=O)nc2ccccc21. The van der Waals surface area contributed by atoms with Crippen molar-refractivity contribution in [3.05, 3.63) is 66.0 Å². The van der Waals surface area contributed by atoms with Gasteiger partial charge in [0.1, 0.15) is 5.82 Å². The van der Waals surface area contributed by atoms with Crippen LogP contribution in [0.3, 0.4) is 0 Å². The average Bonchev–Trinajstić information content (AvgIpc) is 2.93. The number of benzene rings is 2. The van der Waals surface area contributed by atoms with Crippen molar-refractivity contribution in [2.45, 2.75) is 19.4 Å². The third-order valence-electron chi connectivity index (χ3n) is 3.91. The zero-order chi connectivity index (χ0) is 15.4. The monoisotopic (exact) mass is 293 g/mol. The van der Waals surface area contributed by atoms with Gasteiger partial charge in [-0.25, -0.2) is 4.98 Å². The zero-order valence-electron chi connectivity index (χ0n) is 12.6. The van der Waals surface area contributed by atoms with E-state index in [4.69, 9.17) is 4.98 Å². The van der Waals surface area contributed by atoms with E-state index in [0.29, 0.717) is 13.0 Å². The molecule has 1 atom stereocenters. The lowest BCUT2D eigenvalue weighted by atomic mass is 10.1. The summed E-state index contributed by atoms with van der Waals surface area (Å²) in [4.78, 5) is 15.2. The molecule has 3 aromatic rings. The molecule has 1 amide bonds. The Morgan fingerprint density at radius 3 is 2.64 bits per heavy atom. The number of fused-ring (bicyclic) bond motifs is 1. The van der Waals surface area contributed by atoms with Gasteiger partial charge >= 0.3 is 0 Å². The first-order valence-electron chi connectivity index (χ1n) is 7.49. The first-order valence-corrected chi connectivity index (χ1v) is 7.49. The molecule has 1 heterocycles. The number of hydrogen-bond donors (Lipinski definition) is 1. The van der Waals surface area contributed by atoms with E-state index >= 15 is 0 Å². The number of rotatable bonds is 6. The summed E-state index contributed by atoms with van der Waals surface area (Å²) in [5.41, 5.74) is 3.36. The molecule has 0 aliphatic carbocycles. The highest BCUT2D eigenvalue weighted by Crippen LogP contribution is 2.26. The Balaban J connectivity index is 2.05. The molecule has 0 radical (unpaired) electrons. The highest BCUT2D eigenvalue weighted by molar-refractivity contribution is 5.76. The van der Waals surface area contributed by atoms with Crippen LogP contribution in [0.5, 0.6) is 0 Å². The Morgan fingerprint density at radius 2 is 1.86 bits per heavy atom. The molecule has 0 spiro atoms. The average molecular weight is 293 g/mol. The van der Waals surface area contributed by atoms with Crippen LogP contribution < -0.4 is 5.32 Å². The number of amides is 1. The molecule has 3 rings (SSSR count). The van der Waals surface area contributed by atoms with Crippen molar-refractivity contribution in [2.24, 2.45) is 0 Å². The zero-order valence-corrected chi connectivity index (χ0v) is 12.6. The van der Waals surface area contributed by atoms with Gasteiger partial charge in [0.05, 0.1) is 17.1 Å². The van der Waals surface area contributed by atoms with Gasteiger partial charge in [-0.05, 0) is 24.6 Å². The molecule has 112 valence electrons. The molecule has 0 aliphatic rings. The van der Waals surface area contributed by atoms with Crippen molar-refractivity contribution in [3.63, 3.8) is 0 Å². The second-order valence-corrected chi connectivity index (χ2v) is 5.30. The van der Waals surface area contributed by atoms with Gasteiger partial charge in [-0.3, -0.25) is 4.79 Å². The van der Waals surface area contributed by atoms with Crippen molar-refractivity contribution in [2.75, 3.05) is 6.54 Å². The number of nitrogens with one attached hydrogen (secondary N) is 1. The lowest BCUT2D eigenvalue weighted by Crippen LogP contribution is -2.18. The van der Waals surface area contributed by atoms with Gasteiger partial charge in [-0.1, -0.05) is 42.5 Å². The summed E-state index contributed by atoms with van der Waals surface area (Å²) in [7, 11) is 0. The molecule has 0 fully saturated rings. The van der Waals surface area contributed by atoms with Gasteiger partial charge in [-0.2, -0.15) is 0 Å². The van der Waals surface area contributed by atoms with E-state index in [-0.39, 0.29) is 6.04 Å². The third kappa shape index (κ3) is 2.72. The van der Waals surface area contributed by atoms with Crippen molar-refractivity contribution in [1.82, 2.24) is 14.9 Å². The molecule has 0 saturated heterocycles. The van der Waals surface area contributed by atoms with Crippen molar-refractivity contribution in [3.8, 4) is 0 Å². The number of hydrogen-bond acceptors (Lipinski definition) is 2. The van der Waals surface area contributed by atoms with Crippen molar-refractivity contribution >= 4 is 17.4 Å². The quantitative estimate of drug-likeness (QED) is 0.561. The fourth-order valence-electron chi connectivity index (χ4n) is 2.83. The van der Waals surface area contributed by atoms with E-state index in [2.05, 4.69) is 47.1 Å². The maximum Gasteiger partial charge on any atom is 0.207 e. The summed E-state index contributed by atoms with van der Waals surface area (Å²) in [5.74, 6) is 0.993. The molecule has 0 saturated carbocycles. The van der Waals surface area contributed by atoms with Gasteiger partial charge in [0, 0.05) is 13.0 Å². The summed E-state index contributed by atoms with van der Waals surface area (Å²) >= 11 is 0. The van der Waals surface area contributed by atoms with Gasteiger partial charge in [-0.15, -0.1) is 0 Å². The number of aromatic nitrogens is 2. The lowest BCUT2D eigenvalue weighted by molar-refractivity contribution is -0.109. The largest absolute Gasteiger partial charge is 0.358 e. The van der Waals surface area contributed by atoms with Crippen LogP contribution >= 0.6 is 0 Å². The Hall–Kier alpha value is -2.62. The molecule has 1 unspecified atom stereocenters. The van der Waals surface area contributed by atoms with E-state index < -0.39 is 0 Å². The van der Waals surface area contributed by atoms with Crippen LogP contribution in [0.1, 0.15) is 24.4 Å². The molecule has 22 heavy (non-hydrogen) atoms. The molecule has 1 aromatic heterocycles. The number of imidazole rings is 1. The fourth-order valence-corrected chi connectivity index (χ4v) is 2.83.